The zero-order chi connectivity index (χ0) is 20.2. The first-order chi connectivity index (χ1) is 11.1. The second kappa shape index (κ2) is 22.8. The minimum Gasteiger partial charge on any atom is -0.396 e. The first-order valence-corrected chi connectivity index (χ1v) is 7.70. The molecule has 0 amide bonds. The number of rotatable bonds is 7. The SMILES string of the molecule is CCC(CO)(CO)CO.O=C(S)CO.O=C(S)CO.O=C(S)CO. The summed E-state index contributed by atoms with van der Waals surface area (Å²) < 4.78 is 0. The Balaban J connectivity index is -0.000000116. The Kier molecular flexibility index (Phi) is 30.0. The molecule has 146 valence electrons. The van der Waals surface area contributed by atoms with Gasteiger partial charge in [0.25, 0.3) is 0 Å². The molecule has 0 saturated heterocycles. The zero-order valence-electron chi connectivity index (χ0n) is 13.2. The minimum atomic E-state index is -0.667. The molecule has 0 heterocycles. The summed E-state index contributed by atoms with van der Waals surface area (Å²) in [7, 11) is 0. The summed E-state index contributed by atoms with van der Waals surface area (Å²) in [6.45, 7) is -0.0541. The van der Waals surface area contributed by atoms with Gasteiger partial charge in [0.15, 0.2) is 0 Å². The van der Waals surface area contributed by atoms with Crippen LogP contribution in [0.15, 0.2) is 0 Å². The molecule has 0 aliphatic rings. The molecule has 0 bridgehead atoms. The highest BCUT2D eigenvalue weighted by Crippen LogP contribution is 2.18. The van der Waals surface area contributed by atoms with Crippen molar-refractivity contribution in [1.29, 1.82) is 0 Å². The number of aliphatic hydroxyl groups excluding tert-OH is 6. The fourth-order valence-corrected chi connectivity index (χ4v) is 0.485. The van der Waals surface area contributed by atoms with E-state index in [-0.39, 0.29) is 19.8 Å². The lowest BCUT2D eigenvalue weighted by atomic mass is 9.88. The molecule has 0 aromatic carbocycles. The Hall–Kier alpha value is -0.180. The quantitative estimate of drug-likeness (QED) is 0.209. The highest BCUT2D eigenvalue weighted by atomic mass is 32.1. The fourth-order valence-electron chi connectivity index (χ4n) is 0.485. The average molecular weight is 411 g/mol. The predicted molar refractivity (Wildman–Crippen MR) is 97.2 cm³/mol. The van der Waals surface area contributed by atoms with E-state index >= 15 is 0 Å². The van der Waals surface area contributed by atoms with Crippen molar-refractivity contribution in [2.45, 2.75) is 13.3 Å². The van der Waals surface area contributed by atoms with Gasteiger partial charge in [0, 0.05) is 5.41 Å². The van der Waals surface area contributed by atoms with E-state index in [1.807, 2.05) is 6.92 Å². The second-order valence-electron chi connectivity index (χ2n) is 3.98. The number of carbonyl (C=O) groups is 3. The van der Waals surface area contributed by atoms with Crippen LogP contribution in [0.25, 0.3) is 0 Å². The maximum Gasteiger partial charge on any atom is 0.211 e. The molecule has 24 heavy (non-hydrogen) atoms. The van der Waals surface area contributed by atoms with Crippen LogP contribution in [-0.2, 0) is 14.4 Å². The molecule has 0 unspecified atom stereocenters. The van der Waals surface area contributed by atoms with Gasteiger partial charge in [-0.1, -0.05) is 6.92 Å². The fraction of sp³-hybridized carbons (Fsp3) is 0.750. The van der Waals surface area contributed by atoms with Crippen molar-refractivity contribution in [3.8, 4) is 0 Å². The molecule has 0 rings (SSSR count). The summed E-state index contributed by atoms with van der Waals surface area (Å²) >= 11 is 9.63. The van der Waals surface area contributed by atoms with Gasteiger partial charge in [-0.05, 0) is 6.42 Å². The Morgan fingerprint density at radius 3 is 0.833 bits per heavy atom. The number of hydrogen-bond donors (Lipinski definition) is 9. The highest BCUT2D eigenvalue weighted by molar-refractivity contribution is 7.97. The van der Waals surface area contributed by atoms with Crippen molar-refractivity contribution in [3.05, 3.63) is 0 Å². The summed E-state index contributed by atoms with van der Waals surface area (Å²) in [5, 5.41) is 47.6. The zero-order valence-corrected chi connectivity index (χ0v) is 15.9. The standard InChI is InChI=1S/C6H14O3.3C2H4O2S/c1-2-6(3-7,4-8)5-9;3*3-1-2(4)5/h7-9H,2-5H2,1H3;3*3H,1H2,(H,4,5). The van der Waals surface area contributed by atoms with Crippen molar-refractivity contribution in [1.82, 2.24) is 0 Å². The number of aliphatic hydroxyl groups is 6. The first kappa shape index (κ1) is 31.6. The maximum atomic E-state index is 9.43. The van der Waals surface area contributed by atoms with Gasteiger partial charge in [0.05, 0.1) is 19.8 Å². The predicted octanol–water partition coefficient (Wildman–Crippen LogP) is -2.34. The van der Waals surface area contributed by atoms with Gasteiger partial charge in [-0.25, -0.2) is 0 Å². The maximum absolute atomic E-state index is 9.43. The summed E-state index contributed by atoms with van der Waals surface area (Å²) in [6.07, 6.45) is 0.594. The van der Waals surface area contributed by atoms with Crippen LogP contribution in [0, 0.1) is 5.41 Å². The molecule has 9 nitrogen and oxygen atoms in total. The van der Waals surface area contributed by atoms with Crippen LogP contribution in [0.3, 0.4) is 0 Å². The van der Waals surface area contributed by atoms with Crippen molar-refractivity contribution in [2.24, 2.45) is 5.41 Å². The van der Waals surface area contributed by atoms with E-state index in [1.54, 1.807) is 0 Å². The molecule has 12 heteroatoms. The molecule has 0 aliphatic heterocycles. The van der Waals surface area contributed by atoms with Crippen LogP contribution in [0.5, 0.6) is 0 Å². The van der Waals surface area contributed by atoms with Crippen molar-refractivity contribution in [2.75, 3.05) is 39.6 Å². The molecular weight excluding hydrogens is 384 g/mol. The van der Waals surface area contributed by atoms with Crippen LogP contribution in [0.4, 0.5) is 0 Å². The Labute approximate surface area is 156 Å². The van der Waals surface area contributed by atoms with Gasteiger partial charge in [-0.2, -0.15) is 0 Å². The lowest BCUT2D eigenvalue weighted by Gasteiger charge is -2.24. The lowest BCUT2D eigenvalue weighted by Crippen LogP contribution is -2.32. The molecule has 0 fully saturated rings. The Bertz CT molecular complexity index is 272. The van der Waals surface area contributed by atoms with E-state index in [2.05, 4.69) is 37.9 Å². The normalized spacial score (nSPS) is 9.25. The molecule has 0 atom stereocenters. The van der Waals surface area contributed by atoms with Gasteiger partial charge in [-0.15, -0.1) is 37.9 Å². The molecular formula is C12H26O9S3. The van der Waals surface area contributed by atoms with E-state index in [9.17, 15) is 14.4 Å². The van der Waals surface area contributed by atoms with Crippen LogP contribution in [0.1, 0.15) is 13.3 Å². The van der Waals surface area contributed by atoms with E-state index < -0.39 is 40.6 Å². The minimum absolute atomic E-state index is 0.156. The molecule has 0 aliphatic carbocycles. The van der Waals surface area contributed by atoms with Gasteiger partial charge < -0.3 is 30.6 Å². The van der Waals surface area contributed by atoms with E-state index in [1.165, 1.54) is 0 Å². The Morgan fingerprint density at radius 2 is 0.833 bits per heavy atom. The molecule has 0 spiro atoms. The van der Waals surface area contributed by atoms with E-state index in [0.29, 0.717) is 6.42 Å². The summed E-state index contributed by atoms with van der Waals surface area (Å²) in [5.74, 6) is 0. The van der Waals surface area contributed by atoms with Crippen molar-refractivity contribution >= 4 is 53.2 Å². The molecule has 0 radical (unpaired) electrons. The van der Waals surface area contributed by atoms with Gasteiger partial charge in [0.1, 0.15) is 19.8 Å². The molecule has 0 aromatic heterocycles. The average Bonchev–Trinajstić information content (AvgIpc) is 2.59. The summed E-state index contributed by atoms with van der Waals surface area (Å²) in [4.78, 5) is 28.3. The van der Waals surface area contributed by atoms with Crippen LogP contribution in [0.2, 0.25) is 0 Å². The second-order valence-corrected chi connectivity index (χ2v) is 5.48. The largest absolute Gasteiger partial charge is 0.396 e. The topological polar surface area (TPSA) is 173 Å². The van der Waals surface area contributed by atoms with Gasteiger partial charge in [-0.3, -0.25) is 14.4 Å². The smallest absolute Gasteiger partial charge is 0.211 e. The molecule has 6 N–H and O–H groups in total. The summed E-state index contributed by atoms with van der Waals surface area (Å²) in [5.41, 5.74) is -0.667. The lowest BCUT2D eigenvalue weighted by molar-refractivity contribution is -0.113. The van der Waals surface area contributed by atoms with Crippen LogP contribution >= 0.6 is 37.9 Å². The van der Waals surface area contributed by atoms with Crippen molar-refractivity contribution in [3.63, 3.8) is 0 Å². The monoisotopic (exact) mass is 410 g/mol. The van der Waals surface area contributed by atoms with E-state index in [4.69, 9.17) is 30.6 Å². The van der Waals surface area contributed by atoms with E-state index in [0.717, 1.165) is 0 Å². The number of hydrogen-bond acceptors (Lipinski definition) is 9. The summed E-state index contributed by atoms with van der Waals surface area (Å²) in [6, 6.07) is 0. The molecule has 0 saturated carbocycles. The highest BCUT2D eigenvalue weighted by Gasteiger charge is 2.24. The first-order valence-electron chi connectivity index (χ1n) is 6.36. The third kappa shape index (κ3) is 29.8. The van der Waals surface area contributed by atoms with Crippen molar-refractivity contribution < 1.29 is 45.0 Å². The van der Waals surface area contributed by atoms with Crippen LogP contribution in [-0.4, -0.2) is 85.6 Å². The third-order valence-corrected chi connectivity index (χ3v) is 2.59. The molecule has 0 aromatic rings. The third-order valence-electron chi connectivity index (χ3n) is 2.16. The van der Waals surface area contributed by atoms with Gasteiger partial charge in [0.2, 0.25) is 15.3 Å². The Morgan fingerprint density at radius 1 is 0.667 bits per heavy atom. The number of thiol groups is 3. The van der Waals surface area contributed by atoms with Crippen LogP contribution < -0.4 is 0 Å². The number of carbonyl (C=O) groups excluding carboxylic acids is 3. The van der Waals surface area contributed by atoms with Gasteiger partial charge >= 0.3 is 0 Å².